The van der Waals surface area contributed by atoms with Gasteiger partial charge >= 0.3 is 0 Å². The fourth-order valence-electron chi connectivity index (χ4n) is 2.57. The smallest absolute Gasteiger partial charge is 0.290 e. The number of ether oxygens (including phenoxy) is 1. The number of nitrogens with zero attached hydrogens (tertiary/aromatic N) is 1. The van der Waals surface area contributed by atoms with Gasteiger partial charge in [-0.2, -0.15) is 0 Å². The van der Waals surface area contributed by atoms with Gasteiger partial charge in [0.1, 0.15) is 5.75 Å². The SMILES string of the molecule is CN(CCCCOc1ccccc1)[C@@H]1CS(=O)(=O)C[C@H]1O.O=CO. The maximum absolute atomic E-state index is 11.5. The van der Waals surface area contributed by atoms with Gasteiger partial charge in [0.2, 0.25) is 0 Å². The van der Waals surface area contributed by atoms with Crippen LogP contribution in [0.4, 0.5) is 0 Å². The minimum absolute atomic E-state index is 0.0607. The molecular formula is C16H25NO6S. The van der Waals surface area contributed by atoms with E-state index in [1.165, 1.54) is 0 Å². The number of para-hydroxylation sites is 1. The third-order valence-corrected chi connectivity index (χ3v) is 5.48. The van der Waals surface area contributed by atoms with Crippen LogP contribution in [0.25, 0.3) is 0 Å². The lowest BCUT2D eigenvalue weighted by molar-refractivity contribution is -0.122. The van der Waals surface area contributed by atoms with Crippen molar-refractivity contribution in [3.05, 3.63) is 30.3 Å². The number of likely N-dealkylation sites (N-methyl/N-ethyl adjacent to an activating group) is 1. The number of unbranched alkanes of at least 4 members (excludes halogenated alkanes) is 1. The average Bonchev–Trinajstić information content (AvgIpc) is 2.81. The number of benzene rings is 1. The van der Waals surface area contributed by atoms with Gasteiger partial charge in [0.05, 0.1) is 30.3 Å². The van der Waals surface area contributed by atoms with Crippen LogP contribution in [0, 0.1) is 0 Å². The van der Waals surface area contributed by atoms with Crippen LogP contribution in [-0.4, -0.2) is 73.9 Å². The normalized spacial score (nSPS) is 21.8. The Labute approximate surface area is 142 Å². The summed E-state index contributed by atoms with van der Waals surface area (Å²) < 4.78 is 28.6. The molecule has 0 saturated carbocycles. The predicted octanol–water partition coefficient (Wildman–Crippen LogP) is 0.636. The molecule has 1 saturated heterocycles. The van der Waals surface area contributed by atoms with Gasteiger partial charge in [0, 0.05) is 0 Å². The molecule has 2 rings (SSSR count). The molecule has 136 valence electrons. The van der Waals surface area contributed by atoms with Crippen LogP contribution in [0.1, 0.15) is 12.8 Å². The molecule has 1 aromatic carbocycles. The predicted molar refractivity (Wildman–Crippen MR) is 90.9 cm³/mol. The van der Waals surface area contributed by atoms with Gasteiger partial charge in [-0.15, -0.1) is 0 Å². The Balaban J connectivity index is 0.000000891. The van der Waals surface area contributed by atoms with Crippen molar-refractivity contribution < 1.29 is 28.2 Å². The first kappa shape index (κ1) is 20.4. The van der Waals surface area contributed by atoms with E-state index < -0.39 is 15.9 Å². The molecule has 2 N–H and O–H groups in total. The summed E-state index contributed by atoms with van der Waals surface area (Å²) in [4.78, 5) is 10.3. The topological polar surface area (TPSA) is 104 Å². The standard InChI is InChI=1S/C15H23NO4S.CH2O2/c1-16(14-11-21(18,19)12-15(14)17)9-5-6-10-20-13-7-3-2-4-8-13;2-1-3/h2-4,7-8,14-15,17H,5-6,9-12H2,1H3;1H,(H,2,3)/t14-,15-;/m1./s1. The quantitative estimate of drug-likeness (QED) is 0.544. The first-order valence-corrected chi connectivity index (χ1v) is 9.56. The zero-order chi connectivity index (χ0) is 18.0. The Morgan fingerprint density at radius 3 is 2.42 bits per heavy atom. The molecule has 0 aromatic heterocycles. The Bertz CT molecular complexity index is 577. The second-order valence-electron chi connectivity index (χ2n) is 5.67. The van der Waals surface area contributed by atoms with E-state index in [0.717, 1.165) is 25.1 Å². The van der Waals surface area contributed by atoms with E-state index in [1.807, 2.05) is 42.3 Å². The van der Waals surface area contributed by atoms with Crippen LogP contribution in [0.15, 0.2) is 30.3 Å². The van der Waals surface area contributed by atoms with Gasteiger partial charge in [0.25, 0.3) is 6.47 Å². The van der Waals surface area contributed by atoms with E-state index in [1.54, 1.807) is 0 Å². The van der Waals surface area contributed by atoms with Crippen molar-refractivity contribution in [2.45, 2.75) is 25.0 Å². The number of aliphatic hydroxyl groups is 1. The monoisotopic (exact) mass is 359 g/mol. The molecular weight excluding hydrogens is 334 g/mol. The van der Waals surface area contributed by atoms with E-state index >= 15 is 0 Å². The van der Waals surface area contributed by atoms with Gasteiger partial charge < -0.3 is 14.9 Å². The van der Waals surface area contributed by atoms with Crippen LogP contribution in [0.2, 0.25) is 0 Å². The van der Waals surface area contributed by atoms with Crippen molar-refractivity contribution >= 4 is 16.3 Å². The summed E-state index contributed by atoms with van der Waals surface area (Å²) in [5.41, 5.74) is 0. The van der Waals surface area contributed by atoms with Crippen LogP contribution >= 0.6 is 0 Å². The number of rotatable bonds is 7. The molecule has 1 aromatic rings. The molecule has 1 aliphatic heterocycles. The lowest BCUT2D eigenvalue weighted by atomic mass is 10.2. The molecule has 0 spiro atoms. The minimum atomic E-state index is -3.08. The molecule has 0 aliphatic carbocycles. The molecule has 8 heteroatoms. The highest BCUT2D eigenvalue weighted by molar-refractivity contribution is 7.91. The highest BCUT2D eigenvalue weighted by Crippen LogP contribution is 2.17. The Morgan fingerprint density at radius 2 is 1.88 bits per heavy atom. The summed E-state index contributed by atoms with van der Waals surface area (Å²) >= 11 is 0. The number of carboxylic acid groups (broad SMARTS) is 1. The van der Waals surface area contributed by atoms with Crippen molar-refractivity contribution in [2.75, 3.05) is 31.7 Å². The van der Waals surface area contributed by atoms with Crippen LogP contribution in [0.5, 0.6) is 5.75 Å². The highest BCUT2D eigenvalue weighted by atomic mass is 32.2. The van der Waals surface area contributed by atoms with Crippen molar-refractivity contribution in [3.63, 3.8) is 0 Å². The number of carbonyl (C=O) groups is 1. The summed E-state index contributed by atoms with van der Waals surface area (Å²) in [6.45, 7) is 1.15. The van der Waals surface area contributed by atoms with Gasteiger partial charge in [-0.1, -0.05) is 18.2 Å². The molecule has 1 heterocycles. The molecule has 0 bridgehead atoms. The summed E-state index contributed by atoms with van der Waals surface area (Å²) in [5, 5.41) is 16.7. The summed E-state index contributed by atoms with van der Waals surface area (Å²) in [5.74, 6) is 0.813. The highest BCUT2D eigenvalue weighted by Gasteiger charge is 2.38. The van der Waals surface area contributed by atoms with Crippen LogP contribution < -0.4 is 4.74 Å². The number of hydrogen-bond acceptors (Lipinski definition) is 6. The lowest BCUT2D eigenvalue weighted by Crippen LogP contribution is -2.41. The fourth-order valence-corrected chi connectivity index (χ4v) is 4.44. The lowest BCUT2D eigenvalue weighted by Gasteiger charge is -2.25. The van der Waals surface area contributed by atoms with Gasteiger partial charge in [-0.3, -0.25) is 9.69 Å². The average molecular weight is 359 g/mol. The fraction of sp³-hybridized carbons (Fsp3) is 0.562. The number of aliphatic hydroxyl groups excluding tert-OH is 1. The molecule has 0 radical (unpaired) electrons. The van der Waals surface area contributed by atoms with E-state index in [0.29, 0.717) is 6.61 Å². The third-order valence-electron chi connectivity index (χ3n) is 3.78. The molecule has 0 unspecified atom stereocenters. The Hall–Kier alpha value is -1.64. The van der Waals surface area contributed by atoms with E-state index in [9.17, 15) is 13.5 Å². The second-order valence-corrected chi connectivity index (χ2v) is 7.82. The molecule has 0 amide bonds. The zero-order valence-electron chi connectivity index (χ0n) is 13.7. The van der Waals surface area contributed by atoms with Gasteiger partial charge in [0.15, 0.2) is 9.84 Å². The molecule has 1 fully saturated rings. The van der Waals surface area contributed by atoms with Crippen LogP contribution in [0.3, 0.4) is 0 Å². The number of sulfone groups is 1. The first-order chi connectivity index (χ1) is 11.4. The van der Waals surface area contributed by atoms with Gasteiger partial charge in [-0.05, 0) is 38.6 Å². The minimum Gasteiger partial charge on any atom is -0.494 e. The number of hydrogen-bond donors (Lipinski definition) is 2. The summed E-state index contributed by atoms with van der Waals surface area (Å²) in [6, 6.07) is 9.39. The van der Waals surface area contributed by atoms with Crippen molar-refractivity contribution in [1.29, 1.82) is 0 Å². The third kappa shape index (κ3) is 7.29. The van der Waals surface area contributed by atoms with E-state index in [4.69, 9.17) is 14.6 Å². The Morgan fingerprint density at radius 1 is 1.25 bits per heavy atom. The van der Waals surface area contributed by atoms with Crippen molar-refractivity contribution in [3.8, 4) is 5.75 Å². The second kappa shape index (κ2) is 10.3. The zero-order valence-corrected chi connectivity index (χ0v) is 14.6. The molecule has 1 aliphatic rings. The largest absolute Gasteiger partial charge is 0.494 e. The van der Waals surface area contributed by atoms with Crippen molar-refractivity contribution in [2.24, 2.45) is 0 Å². The molecule has 2 atom stereocenters. The summed E-state index contributed by atoms with van der Waals surface area (Å²) in [7, 11) is -1.21. The first-order valence-electron chi connectivity index (χ1n) is 7.74. The Kier molecular flexibility index (Phi) is 8.73. The van der Waals surface area contributed by atoms with E-state index in [2.05, 4.69) is 0 Å². The van der Waals surface area contributed by atoms with Gasteiger partial charge in [-0.25, -0.2) is 8.42 Å². The molecule has 7 nitrogen and oxygen atoms in total. The maximum atomic E-state index is 11.5. The maximum Gasteiger partial charge on any atom is 0.290 e. The van der Waals surface area contributed by atoms with E-state index in [-0.39, 0.29) is 24.0 Å². The molecule has 24 heavy (non-hydrogen) atoms. The van der Waals surface area contributed by atoms with Crippen molar-refractivity contribution in [1.82, 2.24) is 4.90 Å². The summed E-state index contributed by atoms with van der Waals surface area (Å²) in [6.07, 6.45) is 1.04. The van der Waals surface area contributed by atoms with Crippen LogP contribution in [-0.2, 0) is 14.6 Å².